The summed E-state index contributed by atoms with van der Waals surface area (Å²) in [5, 5.41) is 0. The van der Waals surface area contributed by atoms with Crippen molar-refractivity contribution in [3.63, 3.8) is 0 Å². The maximum atomic E-state index is 12.2. The molecule has 4 nitrogen and oxygen atoms in total. The lowest BCUT2D eigenvalue weighted by atomic mass is 10.0. The van der Waals surface area contributed by atoms with E-state index in [1.807, 2.05) is 37.3 Å². The second-order valence-corrected chi connectivity index (χ2v) is 7.15. The van der Waals surface area contributed by atoms with Gasteiger partial charge in [0.15, 0.2) is 5.82 Å². The van der Waals surface area contributed by atoms with Crippen LogP contribution in [0.1, 0.15) is 18.4 Å². The second kappa shape index (κ2) is 6.37. The number of aromatic nitrogens is 1. The molecule has 6 heteroatoms. The molecule has 0 amide bonds. The van der Waals surface area contributed by atoms with E-state index in [-0.39, 0.29) is 11.7 Å². The number of nitrogens with one attached hydrogen (secondary N) is 1. The van der Waals surface area contributed by atoms with Gasteiger partial charge in [-0.25, -0.2) is 13.4 Å². The molecule has 1 aromatic carbocycles. The summed E-state index contributed by atoms with van der Waals surface area (Å²) in [5.74, 6) is 0.240. The van der Waals surface area contributed by atoms with E-state index in [9.17, 15) is 8.42 Å². The van der Waals surface area contributed by atoms with Crippen molar-refractivity contribution in [3.05, 3.63) is 58.7 Å². The predicted octanol–water partition coefficient (Wildman–Crippen LogP) is 3.39. The lowest BCUT2D eigenvalue weighted by Crippen LogP contribution is -2.21. The number of halogens is 1. The van der Waals surface area contributed by atoms with E-state index in [1.54, 1.807) is 18.3 Å². The molecule has 0 bridgehead atoms. The number of sulfonamides is 1. The fraction of sp³-hybridized carbons (Fsp3) is 0.214. The monoisotopic (exact) mass is 354 g/mol. The van der Waals surface area contributed by atoms with Gasteiger partial charge in [-0.2, -0.15) is 0 Å². The van der Waals surface area contributed by atoms with E-state index in [1.165, 1.54) is 0 Å². The summed E-state index contributed by atoms with van der Waals surface area (Å²) in [6.45, 7) is 1.89. The highest BCUT2D eigenvalue weighted by molar-refractivity contribution is 9.10. The highest BCUT2D eigenvalue weighted by Gasteiger charge is 2.18. The summed E-state index contributed by atoms with van der Waals surface area (Å²) in [7, 11) is -3.45. The minimum absolute atomic E-state index is 0.0139. The first-order valence-corrected chi connectivity index (χ1v) is 8.58. The Hall–Kier alpha value is -1.40. The van der Waals surface area contributed by atoms with Crippen LogP contribution >= 0.6 is 15.9 Å². The van der Waals surface area contributed by atoms with E-state index in [4.69, 9.17) is 0 Å². The number of rotatable bonds is 5. The third-order valence-electron chi connectivity index (χ3n) is 2.85. The zero-order chi connectivity index (χ0) is 14.6. The standard InChI is InChI=1S/C14H15BrN2O2S/c1-11(12-6-3-2-4-7-12)10-20(18,19)17-14-13(15)8-5-9-16-14/h2-9,11H,10H2,1H3,(H,16,17). The molecule has 1 atom stereocenters. The number of hydrogen-bond acceptors (Lipinski definition) is 3. The van der Waals surface area contributed by atoms with Gasteiger partial charge in [0.05, 0.1) is 10.2 Å². The van der Waals surface area contributed by atoms with Crippen LogP contribution < -0.4 is 4.72 Å². The van der Waals surface area contributed by atoms with Crippen LogP contribution in [0, 0.1) is 0 Å². The van der Waals surface area contributed by atoms with E-state index < -0.39 is 10.0 Å². The van der Waals surface area contributed by atoms with Gasteiger partial charge in [0.1, 0.15) is 0 Å². The first kappa shape index (κ1) is 15.0. The van der Waals surface area contributed by atoms with Crippen molar-refractivity contribution in [2.75, 3.05) is 10.5 Å². The lowest BCUT2D eigenvalue weighted by Gasteiger charge is -2.14. The molecule has 0 aliphatic carbocycles. The summed E-state index contributed by atoms with van der Waals surface area (Å²) in [4.78, 5) is 4.01. The Morgan fingerprint density at radius 3 is 2.55 bits per heavy atom. The van der Waals surface area contributed by atoms with Crippen LogP contribution in [0.3, 0.4) is 0 Å². The van der Waals surface area contributed by atoms with Crippen LogP contribution in [0.2, 0.25) is 0 Å². The molecule has 0 fully saturated rings. The second-order valence-electron chi connectivity index (χ2n) is 4.53. The summed E-state index contributed by atoms with van der Waals surface area (Å²) >= 11 is 3.27. The lowest BCUT2D eigenvalue weighted by molar-refractivity contribution is 0.595. The van der Waals surface area contributed by atoms with Crippen LogP contribution in [0.25, 0.3) is 0 Å². The molecule has 0 saturated carbocycles. The predicted molar refractivity (Wildman–Crippen MR) is 84.2 cm³/mol. The Bertz CT molecular complexity index is 675. The Kier molecular flexibility index (Phi) is 4.77. The molecule has 0 spiro atoms. The van der Waals surface area contributed by atoms with E-state index >= 15 is 0 Å². The maximum Gasteiger partial charge on any atom is 0.234 e. The quantitative estimate of drug-likeness (QED) is 0.894. The number of pyridine rings is 1. The molecule has 1 N–H and O–H groups in total. The topological polar surface area (TPSA) is 59.1 Å². The van der Waals surface area contributed by atoms with Crippen molar-refractivity contribution in [1.82, 2.24) is 4.98 Å². The van der Waals surface area contributed by atoms with Gasteiger partial charge in [-0.3, -0.25) is 4.72 Å². The van der Waals surface area contributed by atoms with Crippen LogP contribution in [0.5, 0.6) is 0 Å². The van der Waals surface area contributed by atoms with Crippen molar-refractivity contribution in [2.24, 2.45) is 0 Å². The summed E-state index contributed by atoms with van der Waals surface area (Å²) in [6.07, 6.45) is 1.54. The van der Waals surface area contributed by atoms with Gasteiger partial charge in [0.2, 0.25) is 10.0 Å². The van der Waals surface area contributed by atoms with Crippen LogP contribution in [-0.2, 0) is 10.0 Å². The van der Waals surface area contributed by atoms with Crippen LogP contribution in [0.15, 0.2) is 53.1 Å². The smallest absolute Gasteiger partial charge is 0.234 e. The van der Waals surface area contributed by atoms with Crippen LogP contribution in [-0.4, -0.2) is 19.2 Å². The Balaban J connectivity index is 2.10. The molecule has 2 aromatic rings. The van der Waals surface area contributed by atoms with Crippen molar-refractivity contribution in [3.8, 4) is 0 Å². The van der Waals surface area contributed by atoms with Crippen LogP contribution in [0.4, 0.5) is 5.82 Å². The molecule has 1 heterocycles. The zero-order valence-corrected chi connectivity index (χ0v) is 13.4. The third kappa shape index (κ3) is 4.05. The molecule has 1 aromatic heterocycles. The number of benzene rings is 1. The van der Waals surface area contributed by atoms with Gasteiger partial charge in [0.25, 0.3) is 0 Å². The summed E-state index contributed by atoms with van der Waals surface area (Å²) < 4.78 is 27.5. The Morgan fingerprint density at radius 1 is 1.20 bits per heavy atom. The third-order valence-corrected chi connectivity index (χ3v) is 4.93. The number of hydrogen-bond donors (Lipinski definition) is 1. The Morgan fingerprint density at radius 2 is 1.90 bits per heavy atom. The molecule has 0 radical (unpaired) electrons. The van der Waals surface area contributed by atoms with E-state index in [0.29, 0.717) is 10.3 Å². The molecule has 106 valence electrons. The Labute approximate surface area is 127 Å². The van der Waals surface area contributed by atoms with Gasteiger partial charge < -0.3 is 0 Å². The summed E-state index contributed by atoms with van der Waals surface area (Å²) in [6, 6.07) is 13.0. The maximum absolute atomic E-state index is 12.2. The molecule has 20 heavy (non-hydrogen) atoms. The average molecular weight is 355 g/mol. The molecule has 0 aliphatic rings. The zero-order valence-electron chi connectivity index (χ0n) is 11.0. The fourth-order valence-electron chi connectivity index (χ4n) is 1.86. The molecule has 0 saturated heterocycles. The highest BCUT2D eigenvalue weighted by Crippen LogP contribution is 2.22. The SMILES string of the molecule is CC(CS(=O)(=O)Nc1ncccc1Br)c1ccccc1. The van der Waals surface area contributed by atoms with Crippen molar-refractivity contribution < 1.29 is 8.42 Å². The van der Waals surface area contributed by atoms with E-state index in [2.05, 4.69) is 25.6 Å². The number of nitrogens with zero attached hydrogens (tertiary/aromatic N) is 1. The molecule has 1 unspecified atom stereocenters. The van der Waals surface area contributed by atoms with Crippen molar-refractivity contribution in [1.29, 1.82) is 0 Å². The molecule has 2 rings (SSSR count). The number of anilines is 1. The van der Waals surface area contributed by atoms with Gasteiger partial charge in [-0.15, -0.1) is 0 Å². The average Bonchev–Trinajstić information content (AvgIpc) is 2.41. The van der Waals surface area contributed by atoms with Gasteiger partial charge in [-0.05, 0) is 39.5 Å². The molecular formula is C14H15BrN2O2S. The fourth-order valence-corrected chi connectivity index (χ4v) is 3.73. The first-order chi connectivity index (χ1) is 9.48. The van der Waals surface area contributed by atoms with Gasteiger partial charge in [-0.1, -0.05) is 37.3 Å². The van der Waals surface area contributed by atoms with E-state index in [0.717, 1.165) is 5.56 Å². The van der Waals surface area contributed by atoms with Gasteiger partial charge >= 0.3 is 0 Å². The normalized spacial score (nSPS) is 12.9. The van der Waals surface area contributed by atoms with Crippen molar-refractivity contribution in [2.45, 2.75) is 12.8 Å². The highest BCUT2D eigenvalue weighted by atomic mass is 79.9. The molecule has 0 aliphatic heterocycles. The largest absolute Gasteiger partial charge is 0.266 e. The minimum Gasteiger partial charge on any atom is -0.266 e. The first-order valence-electron chi connectivity index (χ1n) is 6.14. The van der Waals surface area contributed by atoms with Gasteiger partial charge in [0, 0.05) is 6.20 Å². The van der Waals surface area contributed by atoms with Crippen molar-refractivity contribution >= 4 is 31.8 Å². The minimum atomic E-state index is -3.45. The molecular weight excluding hydrogens is 340 g/mol. The summed E-state index contributed by atoms with van der Waals surface area (Å²) in [5.41, 5.74) is 0.998.